The van der Waals surface area contributed by atoms with E-state index in [0.717, 1.165) is 29.2 Å². The highest BCUT2D eigenvalue weighted by molar-refractivity contribution is 5.88. The van der Waals surface area contributed by atoms with E-state index < -0.39 is 12.1 Å². The summed E-state index contributed by atoms with van der Waals surface area (Å²) in [6.07, 6.45) is -0.381. The van der Waals surface area contributed by atoms with Crippen molar-refractivity contribution in [3.63, 3.8) is 0 Å². The SMILES string of the molecule is Cc1c(OC2CCC(C(F)(F)F)CC2)ccc2cc(CN3CCC(C)CC3)ccc12. The zero-order valence-electron chi connectivity index (χ0n) is 18.0. The van der Waals surface area contributed by atoms with Crippen LogP contribution >= 0.6 is 0 Å². The molecule has 0 aromatic heterocycles. The number of likely N-dealkylation sites (tertiary alicyclic amines) is 1. The highest BCUT2D eigenvalue weighted by Gasteiger charge is 2.41. The fraction of sp³-hybridized carbons (Fsp3) is 0.600. The van der Waals surface area contributed by atoms with Gasteiger partial charge >= 0.3 is 6.18 Å². The standard InChI is InChI=1S/C25H32F3NO/c1-17-11-13-29(14-12-17)16-19-3-9-23-18(2)24(10-4-20(23)15-19)30-22-7-5-21(6-8-22)25(26,27)28/h3-4,9-10,15,17,21-22H,5-8,11-14,16H2,1-2H3. The van der Waals surface area contributed by atoms with Crippen LogP contribution in [0, 0.1) is 18.8 Å². The smallest absolute Gasteiger partial charge is 0.391 e. The molecule has 2 aromatic rings. The summed E-state index contributed by atoms with van der Waals surface area (Å²) in [6, 6.07) is 10.7. The summed E-state index contributed by atoms with van der Waals surface area (Å²) in [5, 5.41) is 2.36. The van der Waals surface area contributed by atoms with Gasteiger partial charge in [-0.05, 0) is 98.5 Å². The first-order valence-electron chi connectivity index (χ1n) is 11.3. The van der Waals surface area contributed by atoms with E-state index in [1.807, 2.05) is 13.0 Å². The van der Waals surface area contributed by atoms with Crippen LogP contribution < -0.4 is 4.74 Å². The number of hydrogen-bond acceptors (Lipinski definition) is 2. The normalized spacial score (nSPS) is 24.3. The highest BCUT2D eigenvalue weighted by Crippen LogP contribution is 2.39. The van der Waals surface area contributed by atoms with Crippen LogP contribution in [0.4, 0.5) is 13.2 Å². The summed E-state index contributed by atoms with van der Waals surface area (Å²) >= 11 is 0. The lowest BCUT2D eigenvalue weighted by Crippen LogP contribution is -2.32. The second kappa shape index (κ2) is 8.78. The van der Waals surface area contributed by atoms with Gasteiger partial charge in [0.2, 0.25) is 0 Å². The van der Waals surface area contributed by atoms with Gasteiger partial charge < -0.3 is 4.74 Å². The molecule has 5 heteroatoms. The maximum absolute atomic E-state index is 12.9. The molecule has 4 rings (SSSR count). The fourth-order valence-electron chi connectivity index (χ4n) is 4.91. The van der Waals surface area contributed by atoms with Crippen molar-refractivity contribution in [2.45, 2.75) is 71.2 Å². The van der Waals surface area contributed by atoms with Crippen molar-refractivity contribution in [3.05, 3.63) is 41.5 Å². The van der Waals surface area contributed by atoms with Crippen molar-refractivity contribution in [2.24, 2.45) is 11.8 Å². The van der Waals surface area contributed by atoms with E-state index in [0.29, 0.717) is 12.8 Å². The Balaban J connectivity index is 1.42. The van der Waals surface area contributed by atoms with Gasteiger partial charge in [-0.2, -0.15) is 13.2 Å². The Hall–Kier alpha value is -1.75. The molecular formula is C25H32F3NO. The van der Waals surface area contributed by atoms with Crippen molar-refractivity contribution < 1.29 is 17.9 Å². The van der Waals surface area contributed by atoms with Crippen molar-refractivity contribution in [2.75, 3.05) is 13.1 Å². The van der Waals surface area contributed by atoms with E-state index in [1.54, 1.807) is 0 Å². The highest BCUT2D eigenvalue weighted by atomic mass is 19.4. The zero-order chi connectivity index (χ0) is 21.3. The number of fused-ring (bicyclic) bond motifs is 1. The molecule has 1 saturated heterocycles. The largest absolute Gasteiger partial charge is 0.490 e. The van der Waals surface area contributed by atoms with Crippen LogP contribution in [0.3, 0.4) is 0 Å². The number of benzene rings is 2. The fourth-order valence-corrected chi connectivity index (χ4v) is 4.91. The number of hydrogen-bond donors (Lipinski definition) is 0. The Bertz CT molecular complexity index is 863. The zero-order valence-corrected chi connectivity index (χ0v) is 18.0. The molecule has 1 aliphatic carbocycles. The number of piperidine rings is 1. The molecule has 0 amide bonds. The lowest BCUT2D eigenvalue weighted by molar-refractivity contribution is -0.185. The lowest BCUT2D eigenvalue weighted by atomic mass is 9.87. The van der Waals surface area contributed by atoms with Crippen LogP contribution in [-0.4, -0.2) is 30.3 Å². The maximum Gasteiger partial charge on any atom is 0.391 e. The molecule has 2 aliphatic rings. The van der Waals surface area contributed by atoms with Crippen molar-refractivity contribution in [1.29, 1.82) is 0 Å². The number of ether oxygens (including phenoxy) is 1. The average molecular weight is 420 g/mol. The van der Waals surface area contributed by atoms with Gasteiger partial charge in [0, 0.05) is 6.54 Å². The molecular weight excluding hydrogens is 387 g/mol. The predicted molar refractivity (Wildman–Crippen MR) is 115 cm³/mol. The van der Waals surface area contributed by atoms with Gasteiger partial charge in [-0.3, -0.25) is 4.90 Å². The maximum atomic E-state index is 12.9. The molecule has 1 aliphatic heterocycles. The molecule has 0 radical (unpaired) electrons. The van der Waals surface area contributed by atoms with Crippen LogP contribution in [0.5, 0.6) is 5.75 Å². The molecule has 0 spiro atoms. The monoisotopic (exact) mass is 419 g/mol. The Labute approximate surface area is 177 Å². The topological polar surface area (TPSA) is 12.5 Å². The number of rotatable bonds is 4. The molecule has 0 atom stereocenters. The van der Waals surface area contributed by atoms with Gasteiger partial charge in [0.05, 0.1) is 12.0 Å². The van der Waals surface area contributed by atoms with Crippen molar-refractivity contribution >= 4 is 10.8 Å². The first-order chi connectivity index (χ1) is 14.3. The summed E-state index contributed by atoms with van der Waals surface area (Å²) in [6.45, 7) is 7.70. The number of nitrogens with zero attached hydrogens (tertiary/aromatic N) is 1. The molecule has 1 heterocycles. The Morgan fingerprint density at radius 1 is 0.967 bits per heavy atom. The minimum Gasteiger partial charge on any atom is -0.490 e. The van der Waals surface area contributed by atoms with Crippen molar-refractivity contribution in [1.82, 2.24) is 4.90 Å². The van der Waals surface area contributed by atoms with E-state index in [9.17, 15) is 13.2 Å². The first kappa shape index (κ1) is 21.5. The summed E-state index contributed by atoms with van der Waals surface area (Å²) in [7, 11) is 0. The molecule has 2 nitrogen and oxygen atoms in total. The van der Waals surface area contributed by atoms with E-state index in [-0.39, 0.29) is 18.9 Å². The lowest BCUT2D eigenvalue weighted by Gasteiger charge is -2.31. The molecule has 0 N–H and O–H groups in total. The van der Waals surface area contributed by atoms with E-state index >= 15 is 0 Å². The third-order valence-corrected chi connectivity index (χ3v) is 7.02. The predicted octanol–water partition coefficient (Wildman–Crippen LogP) is 6.88. The Morgan fingerprint density at radius 2 is 1.67 bits per heavy atom. The van der Waals surface area contributed by atoms with Crippen LogP contribution in [0.2, 0.25) is 0 Å². The summed E-state index contributed by atoms with van der Waals surface area (Å²) in [5.74, 6) is 0.467. The molecule has 164 valence electrons. The average Bonchev–Trinajstić information content (AvgIpc) is 2.72. The van der Waals surface area contributed by atoms with Gasteiger partial charge in [-0.1, -0.05) is 25.1 Å². The van der Waals surface area contributed by atoms with E-state index in [2.05, 4.69) is 36.1 Å². The van der Waals surface area contributed by atoms with Crippen LogP contribution in [-0.2, 0) is 6.54 Å². The van der Waals surface area contributed by atoms with Gasteiger partial charge in [-0.15, -0.1) is 0 Å². The molecule has 30 heavy (non-hydrogen) atoms. The molecule has 0 unspecified atom stereocenters. The summed E-state index contributed by atoms with van der Waals surface area (Å²) < 4.78 is 44.8. The third kappa shape index (κ3) is 4.93. The minimum atomic E-state index is -4.08. The Kier molecular flexibility index (Phi) is 6.29. The van der Waals surface area contributed by atoms with Gasteiger partial charge in [0.25, 0.3) is 0 Å². The summed E-state index contributed by atoms with van der Waals surface area (Å²) in [4.78, 5) is 2.53. The molecule has 2 fully saturated rings. The first-order valence-corrected chi connectivity index (χ1v) is 11.3. The number of aryl methyl sites for hydroxylation is 1. The number of alkyl halides is 3. The van der Waals surface area contributed by atoms with Crippen molar-refractivity contribution in [3.8, 4) is 5.75 Å². The van der Waals surface area contributed by atoms with Crippen LogP contribution in [0.15, 0.2) is 30.3 Å². The van der Waals surface area contributed by atoms with Gasteiger partial charge in [0.15, 0.2) is 0 Å². The van der Waals surface area contributed by atoms with Gasteiger partial charge in [0.1, 0.15) is 5.75 Å². The van der Waals surface area contributed by atoms with E-state index in [4.69, 9.17) is 4.74 Å². The third-order valence-electron chi connectivity index (χ3n) is 7.02. The second-order valence-electron chi connectivity index (χ2n) is 9.34. The number of halogens is 3. The minimum absolute atomic E-state index is 0.125. The quantitative estimate of drug-likeness (QED) is 0.536. The van der Waals surface area contributed by atoms with Crippen LogP contribution in [0.25, 0.3) is 10.8 Å². The van der Waals surface area contributed by atoms with Gasteiger partial charge in [-0.25, -0.2) is 0 Å². The molecule has 2 aromatic carbocycles. The summed E-state index contributed by atoms with van der Waals surface area (Å²) in [5.41, 5.74) is 2.40. The molecule has 0 bridgehead atoms. The Morgan fingerprint density at radius 3 is 2.33 bits per heavy atom. The van der Waals surface area contributed by atoms with E-state index in [1.165, 1.54) is 36.9 Å². The second-order valence-corrected chi connectivity index (χ2v) is 9.34. The molecule has 1 saturated carbocycles. The van der Waals surface area contributed by atoms with Crippen LogP contribution in [0.1, 0.15) is 56.6 Å².